The summed E-state index contributed by atoms with van der Waals surface area (Å²) >= 11 is 0. The van der Waals surface area contributed by atoms with Crippen molar-refractivity contribution in [3.63, 3.8) is 0 Å². The summed E-state index contributed by atoms with van der Waals surface area (Å²) in [5.74, 6) is -0.966. The van der Waals surface area contributed by atoms with Gasteiger partial charge >= 0.3 is 12.1 Å². The Morgan fingerprint density at radius 3 is 2.53 bits per heavy atom. The van der Waals surface area contributed by atoms with Crippen LogP contribution in [0.25, 0.3) is 0 Å². The predicted molar refractivity (Wildman–Crippen MR) is 67.7 cm³/mol. The van der Waals surface area contributed by atoms with Gasteiger partial charge in [-0.15, -0.1) is 0 Å². The Morgan fingerprint density at radius 2 is 2.05 bits per heavy atom. The Bertz CT molecular complexity index is 353. The SMILES string of the molecule is CC(C)(C)OC(=O)N1CCC(CCCF)(C(=O)O)C1. The van der Waals surface area contributed by atoms with Crippen LogP contribution in [0, 0.1) is 5.41 Å². The monoisotopic (exact) mass is 275 g/mol. The number of nitrogens with zero attached hydrogens (tertiary/aromatic N) is 1. The largest absolute Gasteiger partial charge is 0.481 e. The van der Waals surface area contributed by atoms with E-state index in [1.807, 2.05) is 0 Å². The molecule has 19 heavy (non-hydrogen) atoms. The lowest BCUT2D eigenvalue weighted by atomic mass is 9.82. The second kappa shape index (κ2) is 5.75. The fraction of sp³-hybridized carbons (Fsp3) is 0.846. The highest BCUT2D eigenvalue weighted by Crippen LogP contribution is 2.36. The molecule has 0 spiro atoms. The van der Waals surface area contributed by atoms with Crippen LogP contribution in [0.3, 0.4) is 0 Å². The summed E-state index contributed by atoms with van der Waals surface area (Å²) in [5.41, 5.74) is -1.63. The molecule has 0 radical (unpaired) electrons. The Hall–Kier alpha value is -1.33. The van der Waals surface area contributed by atoms with Crippen molar-refractivity contribution in [2.45, 2.75) is 45.6 Å². The van der Waals surface area contributed by atoms with Gasteiger partial charge in [0.25, 0.3) is 0 Å². The maximum absolute atomic E-state index is 12.3. The number of rotatable bonds is 4. The third-order valence-electron chi connectivity index (χ3n) is 3.25. The number of hydrogen-bond donors (Lipinski definition) is 1. The van der Waals surface area contributed by atoms with E-state index in [0.29, 0.717) is 13.0 Å². The summed E-state index contributed by atoms with van der Waals surface area (Å²) in [6.45, 7) is 5.17. The number of hydrogen-bond acceptors (Lipinski definition) is 3. The Balaban J connectivity index is 2.68. The molecule has 1 amide bonds. The number of carboxylic acids is 1. The smallest absolute Gasteiger partial charge is 0.410 e. The van der Waals surface area contributed by atoms with Crippen LogP contribution in [0.15, 0.2) is 0 Å². The first kappa shape index (κ1) is 15.7. The molecule has 5 nitrogen and oxygen atoms in total. The standard InChI is InChI=1S/C13H22FNO4/c1-12(2,3)19-11(18)15-8-6-13(9-15,10(16)17)5-4-7-14/h4-9H2,1-3H3,(H,16,17). The van der Waals surface area contributed by atoms with Gasteiger partial charge < -0.3 is 14.7 Å². The first-order chi connectivity index (χ1) is 8.70. The third-order valence-corrected chi connectivity index (χ3v) is 3.25. The van der Waals surface area contributed by atoms with Gasteiger partial charge in [0.15, 0.2) is 0 Å². The van der Waals surface area contributed by atoms with Gasteiger partial charge in [-0.1, -0.05) is 0 Å². The lowest BCUT2D eigenvalue weighted by molar-refractivity contribution is -0.148. The molecule has 0 aromatic heterocycles. The van der Waals surface area contributed by atoms with Crippen LogP contribution in [0.4, 0.5) is 9.18 Å². The van der Waals surface area contributed by atoms with E-state index in [4.69, 9.17) is 4.74 Å². The van der Waals surface area contributed by atoms with Crippen molar-refractivity contribution in [2.75, 3.05) is 19.8 Å². The van der Waals surface area contributed by atoms with Gasteiger partial charge in [0.2, 0.25) is 0 Å². The van der Waals surface area contributed by atoms with Gasteiger partial charge in [-0.2, -0.15) is 0 Å². The van der Waals surface area contributed by atoms with E-state index >= 15 is 0 Å². The van der Waals surface area contributed by atoms with Gasteiger partial charge in [-0.05, 0) is 40.0 Å². The number of carbonyl (C=O) groups is 2. The zero-order valence-electron chi connectivity index (χ0n) is 11.7. The fourth-order valence-corrected chi connectivity index (χ4v) is 2.25. The van der Waals surface area contributed by atoms with Crippen LogP contribution in [0.5, 0.6) is 0 Å². The summed E-state index contributed by atoms with van der Waals surface area (Å²) in [7, 11) is 0. The molecule has 0 saturated carbocycles. The Labute approximate surface area is 112 Å². The maximum atomic E-state index is 12.3. The molecule has 1 unspecified atom stereocenters. The molecule has 1 aliphatic heterocycles. The molecule has 0 aromatic carbocycles. The molecule has 0 aliphatic carbocycles. The predicted octanol–water partition coefficient (Wildman–Crippen LogP) is 2.45. The van der Waals surface area contributed by atoms with Crippen LogP contribution in [0.2, 0.25) is 0 Å². The summed E-state index contributed by atoms with van der Waals surface area (Å²) < 4.78 is 17.5. The molecular formula is C13H22FNO4. The summed E-state index contributed by atoms with van der Waals surface area (Å²) in [5, 5.41) is 9.32. The highest BCUT2D eigenvalue weighted by molar-refractivity contribution is 5.78. The third kappa shape index (κ3) is 4.08. The van der Waals surface area contributed by atoms with Crippen LogP contribution in [-0.4, -0.2) is 47.4 Å². The van der Waals surface area contributed by atoms with Crippen molar-refractivity contribution in [3.8, 4) is 0 Å². The van der Waals surface area contributed by atoms with Gasteiger partial charge in [-0.3, -0.25) is 9.18 Å². The van der Waals surface area contributed by atoms with Gasteiger partial charge in [0.05, 0.1) is 12.1 Å². The van der Waals surface area contributed by atoms with E-state index in [1.165, 1.54) is 4.90 Å². The van der Waals surface area contributed by atoms with E-state index in [1.54, 1.807) is 20.8 Å². The average Bonchev–Trinajstić information content (AvgIpc) is 2.69. The lowest BCUT2D eigenvalue weighted by Gasteiger charge is -2.26. The van der Waals surface area contributed by atoms with E-state index in [0.717, 1.165) is 0 Å². The number of halogens is 1. The van der Waals surface area contributed by atoms with Crippen molar-refractivity contribution < 1.29 is 23.8 Å². The zero-order chi connectivity index (χ0) is 14.7. The number of carboxylic acid groups (broad SMARTS) is 1. The summed E-state index contributed by atoms with van der Waals surface area (Å²) in [6, 6.07) is 0. The number of ether oxygens (including phenoxy) is 1. The molecule has 1 atom stereocenters. The maximum Gasteiger partial charge on any atom is 0.410 e. The molecule has 1 aliphatic rings. The van der Waals surface area contributed by atoms with Crippen LogP contribution in [-0.2, 0) is 9.53 Å². The lowest BCUT2D eigenvalue weighted by Crippen LogP contribution is -2.39. The molecule has 1 heterocycles. The topological polar surface area (TPSA) is 66.8 Å². The van der Waals surface area contributed by atoms with Crippen LogP contribution < -0.4 is 0 Å². The first-order valence-corrected chi connectivity index (χ1v) is 6.47. The van der Waals surface area contributed by atoms with E-state index < -0.39 is 29.8 Å². The fourth-order valence-electron chi connectivity index (χ4n) is 2.25. The second-order valence-electron chi connectivity index (χ2n) is 6.03. The molecular weight excluding hydrogens is 253 g/mol. The van der Waals surface area contributed by atoms with E-state index in [-0.39, 0.29) is 19.4 Å². The van der Waals surface area contributed by atoms with Crippen molar-refractivity contribution in [1.82, 2.24) is 4.90 Å². The molecule has 0 aromatic rings. The Morgan fingerprint density at radius 1 is 1.42 bits per heavy atom. The molecule has 1 rings (SSSR count). The molecule has 1 saturated heterocycles. The van der Waals surface area contributed by atoms with Crippen molar-refractivity contribution in [1.29, 1.82) is 0 Å². The van der Waals surface area contributed by atoms with Crippen LogP contribution in [0.1, 0.15) is 40.0 Å². The minimum Gasteiger partial charge on any atom is -0.481 e. The highest BCUT2D eigenvalue weighted by Gasteiger charge is 2.46. The zero-order valence-corrected chi connectivity index (χ0v) is 11.7. The average molecular weight is 275 g/mol. The van der Waals surface area contributed by atoms with Gasteiger partial charge in [0.1, 0.15) is 5.60 Å². The molecule has 1 N–H and O–H groups in total. The number of carbonyl (C=O) groups excluding carboxylic acids is 1. The minimum absolute atomic E-state index is 0.0945. The van der Waals surface area contributed by atoms with E-state index in [2.05, 4.69) is 0 Å². The number of likely N-dealkylation sites (tertiary alicyclic amines) is 1. The number of amides is 1. The molecule has 6 heteroatoms. The van der Waals surface area contributed by atoms with Gasteiger partial charge in [-0.25, -0.2) is 4.79 Å². The number of aliphatic carboxylic acids is 1. The minimum atomic E-state index is -1.02. The summed E-state index contributed by atoms with van der Waals surface area (Å²) in [4.78, 5) is 24.7. The first-order valence-electron chi connectivity index (χ1n) is 6.47. The second-order valence-corrected chi connectivity index (χ2v) is 6.03. The van der Waals surface area contributed by atoms with Crippen molar-refractivity contribution >= 4 is 12.1 Å². The highest BCUT2D eigenvalue weighted by atomic mass is 19.1. The summed E-state index contributed by atoms with van der Waals surface area (Å²) in [6.07, 6.45) is 0.296. The van der Waals surface area contributed by atoms with Crippen molar-refractivity contribution in [3.05, 3.63) is 0 Å². The Kier molecular flexibility index (Phi) is 4.76. The molecule has 110 valence electrons. The van der Waals surface area contributed by atoms with Crippen molar-refractivity contribution in [2.24, 2.45) is 5.41 Å². The molecule has 0 bridgehead atoms. The number of alkyl halides is 1. The quantitative estimate of drug-likeness (QED) is 0.855. The normalized spacial score (nSPS) is 23.5. The van der Waals surface area contributed by atoms with E-state index in [9.17, 15) is 19.1 Å². The van der Waals surface area contributed by atoms with Gasteiger partial charge in [0, 0.05) is 13.1 Å². The molecule has 1 fully saturated rings. The van der Waals surface area contributed by atoms with Crippen LogP contribution >= 0.6 is 0 Å².